The van der Waals surface area contributed by atoms with Crippen LogP contribution in [0, 0.1) is 5.82 Å². The van der Waals surface area contributed by atoms with Gasteiger partial charge in [0.2, 0.25) is 0 Å². The number of nitrogens with zero attached hydrogens (tertiary/aromatic N) is 2. The molecule has 200 valence electrons. The fourth-order valence-corrected chi connectivity index (χ4v) is 4.96. The molecule has 1 aliphatic rings. The van der Waals surface area contributed by atoms with Crippen molar-refractivity contribution in [2.24, 2.45) is 5.73 Å². The number of halogens is 1. The Balaban J connectivity index is 1.53. The normalized spacial score (nSPS) is 14.6. The standard InChI is InChI=1S/C29H27FN4O5/c1-3-34-23(17-5-7-20-16(13-17)10-12-39-26(20)29(37)38-4-2)14-18-9-11-32-24(25(18)34)28(36)33-19-6-8-22(30)21(15-19)27(31)35/h5-9,11,13-15,26H,3-4,10,12H2,1-2H3,(H2,31,35)(H,33,36). The molecule has 4 aromatic rings. The minimum atomic E-state index is -0.932. The number of nitrogens with one attached hydrogen (secondary N) is 1. The molecular formula is C29H27FN4O5. The Morgan fingerprint density at radius 2 is 1.97 bits per heavy atom. The number of pyridine rings is 1. The summed E-state index contributed by atoms with van der Waals surface area (Å²) in [5.74, 6) is -2.62. The molecule has 2 aromatic carbocycles. The number of aryl methyl sites for hydroxylation is 1. The number of amides is 2. The Bertz CT molecular complexity index is 1610. The number of esters is 1. The van der Waals surface area contributed by atoms with Crippen molar-refractivity contribution in [3.63, 3.8) is 0 Å². The largest absolute Gasteiger partial charge is 0.464 e. The van der Waals surface area contributed by atoms with Gasteiger partial charge in [-0.2, -0.15) is 0 Å². The fourth-order valence-electron chi connectivity index (χ4n) is 4.96. The van der Waals surface area contributed by atoms with Gasteiger partial charge in [0.25, 0.3) is 11.8 Å². The zero-order valence-corrected chi connectivity index (χ0v) is 21.5. The highest BCUT2D eigenvalue weighted by atomic mass is 19.1. The lowest BCUT2D eigenvalue weighted by Crippen LogP contribution is -2.25. The van der Waals surface area contributed by atoms with E-state index in [1.54, 1.807) is 13.1 Å². The van der Waals surface area contributed by atoms with Crippen LogP contribution in [-0.4, -0.2) is 40.5 Å². The molecule has 0 fully saturated rings. The van der Waals surface area contributed by atoms with E-state index in [-0.39, 0.29) is 23.6 Å². The van der Waals surface area contributed by atoms with Gasteiger partial charge in [0.05, 0.1) is 24.3 Å². The molecule has 2 aromatic heterocycles. The van der Waals surface area contributed by atoms with Crippen molar-refractivity contribution in [2.75, 3.05) is 18.5 Å². The first-order valence-electron chi connectivity index (χ1n) is 12.6. The third kappa shape index (κ3) is 4.86. The van der Waals surface area contributed by atoms with Crippen molar-refractivity contribution < 1.29 is 28.2 Å². The number of benzene rings is 2. The average Bonchev–Trinajstić information content (AvgIpc) is 3.32. The lowest BCUT2D eigenvalue weighted by atomic mass is 9.94. The predicted molar refractivity (Wildman–Crippen MR) is 143 cm³/mol. The fraction of sp³-hybridized carbons (Fsp3) is 0.241. The number of carbonyl (C=O) groups is 3. The van der Waals surface area contributed by atoms with E-state index in [0.29, 0.717) is 25.1 Å². The van der Waals surface area contributed by atoms with E-state index in [1.165, 1.54) is 12.1 Å². The van der Waals surface area contributed by atoms with Gasteiger partial charge in [0.15, 0.2) is 11.8 Å². The molecule has 9 nitrogen and oxygen atoms in total. The van der Waals surface area contributed by atoms with Crippen LogP contribution in [0.15, 0.2) is 54.7 Å². The highest BCUT2D eigenvalue weighted by Gasteiger charge is 2.29. The number of aromatic nitrogens is 2. The second kappa shape index (κ2) is 10.7. The van der Waals surface area contributed by atoms with E-state index in [2.05, 4.69) is 10.3 Å². The van der Waals surface area contributed by atoms with Crippen LogP contribution >= 0.6 is 0 Å². The van der Waals surface area contributed by atoms with Gasteiger partial charge in [0.1, 0.15) is 5.82 Å². The summed E-state index contributed by atoms with van der Waals surface area (Å²) in [5, 5.41) is 3.51. The molecular weight excluding hydrogens is 503 g/mol. The van der Waals surface area contributed by atoms with Gasteiger partial charge >= 0.3 is 5.97 Å². The van der Waals surface area contributed by atoms with Gasteiger partial charge in [-0.05, 0) is 73.4 Å². The molecule has 5 rings (SSSR count). The zero-order valence-electron chi connectivity index (χ0n) is 21.5. The maximum absolute atomic E-state index is 13.9. The zero-order chi connectivity index (χ0) is 27.7. The van der Waals surface area contributed by atoms with Crippen LogP contribution in [0.3, 0.4) is 0 Å². The molecule has 3 heterocycles. The number of primary amides is 1. The number of hydrogen-bond donors (Lipinski definition) is 2. The van der Waals surface area contributed by atoms with Gasteiger partial charge in [-0.3, -0.25) is 9.59 Å². The summed E-state index contributed by atoms with van der Waals surface area (Å²) in [6, 6.07) is 13.3. The van der Waals surface area contributed by atoms with Gasteiger partial charge < -0.3 is 25.1 Å². The maximum Gasteiger partial charge on any atom is 0.339 e. The van der Waals surface area contributed by atoms with Crippen molar-refractivity contribution in [2.45, 2.75) is 32.9 Å². The number of anilines is 1. The smallest absolute Gasteiger partial charge is 0.339 e. The molecule has 0 radical (unpaired) electrons. The maximum atomic E-state index is 13.9. The Morgan fingerprint density at radius 3 is 2.72 bits per heavy atom. The summed E-state index contributed by atoms with van der Waals surface area (Å²) < 4.78 is 26.8. The molecule has 0 bridgehead atoms. The van der Waals surface area contributed by atoms with E-state index in [4.69, 9.17) is 15.2 Å². The van der Waals surface area contributed by atoms with Gasteiger partial charge in [-0.15, -0.1) is 0 Å². The van der Waals surface area contributed by atoms with E-state index in [9.17, 15) is 18.8 Å². The van der Waals surface area contributed by atoms with Crippen molar-refractivity contribution in [3.8, 4) is 11.3 Å². The lowest BCUT2D eigenvalue weighted by Gasteiger charge is -2.25. The number of rotatable bonds is 7. The Labute approximate surface area is 223 Å². The highest BCUT2D eigenvalue weighted by molar-refractivity contribution is 6.11. The van der Waals surface area contributed by atoms with Crippen molar-refractivity contribution >= 4 is 34.4 Å². The van der Waals surface area contributed by atoms with Crippen molar-refractivity contribution in [1.82, 2.24) is 9.55 Å². The summed E-state index contributed by atoms with van der Waals surface area (Å²) in [6.07, 6.45) is 1.46. The molecule has 2 amide bonds. The molecule has 1 unspecified atom stereocenters. The van der Waals surface area contributed by atoms with Crippen molar-refractivity contribution in [3.05, 3.63) is 82.9 Å². The second-order valence-electron chi connectivity index (χ2n) is 9.05. The molecule has 1 aliphatic heterocycles. The first kappa shape index (κ1) is 26.1. The Hall–Kier alpha value is -4.57. The molecule has 39 heavy (non-hydrogen) atoms. The Kier molecular flexibility index (Phi) is 7.12. The minimum Gasteiger partial charge on any atom is -0.464 e. The summed E-state index contributed by atoms with van der Waals surface area (Å²) in [5.41, 5.74) is 9.55. The van der Waals surface area contributed by atoms with E-state index < -0.39 is 29.7 Å². The van der Waals surface area contributed by atoms with Crippen LogP contribution in [-0.2, 0) is 27.2 Å². The lowest BCUT2D eigenvalue weighted by molar-refractivity contribution is -0.158. The summed E-state index contributed by atoms with van der Waals surface area (Å²) in [7, 11) is 0. The number of nitrogens with two attached hydrogens (primary N) is 1. The third-order valence-electron chi connectivity index (χ3n) is 6.71. The number of fused-ring (bicyclic) bond motifs is 2. The number of ether oxygens (including phenoxy) is 2. The van der Waals surface area contributed by atoms with Gasteiger partial charge in [-0.25, -0.2) is 14.2 Å². The monoisotopic (exact) mass is 530 g/mol. The highest BCUT2D eigenvalue weighted by Crippen LogP contribution is 2.35. The van der Waals surface area contributed by atoms with E-state index >= 15 is 0 Å². The summed E-state index contributed by atoms with van der Waals surface area (Å²) in [4.78, 5) is 41.6. The molecule has 10 heteroatoms. The minimum absolute atomic E-state index is 0.180. The van der Waals surface area contributed by atoms with Crippen LogP contribution in [0.2, 0.25) is 0 Å². The quantitative estimate of drug-likeness (QED) is 0.342. The predicted octanol–water partition coefficient (Wildman–Crippen LogP) is 4.39. The van der Waals surface area contributed by atoms with Crippen LogP contribution in [0.5, 0.6) is 0 Å². The van der Waals surface area contributed by atoms with E-state index in [0.717, 1.165) is 33.8 Å². The first-order chi connectivity index (χ1) is 18.8. The number of hydrogen-bond acceptors (Lipinski definition) is 6. The molecule has 0 aliphatic carbocycles. The number of carbonyl (C=O) groups excluding carboxylic acids is 3. The van der Waals surface area contributed by atoms with Crippen LogP contribution < -0.4 is 11.1 Å². The summed E-state index contributed by atoms with van der Waals surface area (Å²) >= 11 is 0. The summed E-state index contributed by atoms with van der Waals surface area (Å²) in [6.45, 7) is 4.97. The molecule has 0 spiro atoms. The third-order valence-corrected chi connectivity index (χ3v) is 6.71. The Morgan fingerprint density at radius 1 is 1.15 bits per heavy atom. The van der Waals surface area contributed by atoms with Crippen LogP contribution in [0.4, 0.5) is 10.1 Å². The van der Waals surface area contributed by atoms with Crippen LogP contribution in [0.25, 0.3) is 22.2 Å². The molecule has 1 atom stereocenters. The SMILES string of the molecule is CCOC(=O)C1OCCc2cc(-c3cc4ccnc(C(=O)Nc5ccc(F)c(C(N)=O)c5)c4n3CC)ccc21. The van der Waals surface area contributed by atoms with Crippen LogP contribution in [0.1, 0.15) is 51.9 Å². The second-order valence-corrected chi connectivity index (χ2v) is 9.05. The molecule has 3 N–H and O–H groups in total. The van der Waals surface area contributed by atoms with Gasteiger partial charge in [0, 0.05) is 29.5 Å². The molecule has 0 saturated heterocycles. The molecule has 0 saturated carbocycles. The topological polar surface area (TPSA) is 126 Å². The van der Waals surface area contributed by atoms with Gasteiger partial charge in [-0.1, -0.05) is 12.1 Å². The average molecular weight is 531 g/mol. The first-order valence-corrected chi connectivity index (χ1v) is 12.6. The van der Waals surface area contributed by atoms with E-state index in [1.807, 2.05) is 41.8 Å². The van der Waals surface area contributed by atoms with Crippen molar-refractivity contribution in [1.29, 1.82) is 0 Å².